The predicted octanol–water partition coefficient (Wildman–Crippen LogP) is 0.577. The minimum atomic E-state index is 0.472. The molecule has 2 heteroatoms. The lowest BCUT2D eigenvalue weighted by molar-refractivity contribution is -0.107. The molecule has 0 aromatic heterocycles. The standard InChI is InChI=1S/C4H6O.CH2O/c1-2-3-4-5;1-2/h2,4H,1,3H2;1H2. The molecule has 0 rings (SSSR count). The average Bonchev–Trinajstić information content (AvgIpc) is 1.75. The Morgan fingerprint density at radius 2 is 1.86 bits per heavy atom. The molecule has 0 aromatic rings. The van der Waals surface area contributed by atoms with E-state index in [9.17, 15) is 4.79 Å². The molecule has 0 bridgehead atoms. The van der Waals surface area contributed by atoms with E-state index in [1.165, 1.54) is 0 Å². The van der Waals surface area contributed by atoms with Crippen LogP contribution in [0.3, 0.4) is 0 Å². The second kappa shape index (κ2) is 19.5. The Labute approximate surface area is 42.8 Å². The zero-order valence-corrected chi connectivity index (χ0v) is 4.09. The normalized spacial score (nSPS) is 5.14. The summed E-state index contributed by atoms with van der Waals surface area (Å²) in [4.78, 5) is 17.3. The molecule has 2 nitrogen and oxygen atoms in total. The van der Waals surface area contributed by atoms with Gasteiger partial charge in [-0.1, -0.05) is 6.08 Å². The van der Waals surface area contributed by atoms with Crippen LogP contribution >= 0.6 is 0 Å². The third-order valence-corrected chi connectivity index (χ3v) is 0.263. The molecule has 0 aliphatic rings. The average molecular weight is 100 g/mol. The van der Waals surface area contributed by atoms with Gasteiger partial charge in [0.05, 0.1) is 0 Å². The Morgan fingerprint density at radius 1 is 1.43 bits per heavy atom. The fourth-order valence-corrected chi connectivity index (χ4v) is 0.0680. The number of carbonyl (C=O) groups excluding carboxylic acids is 2. The van der Waals surface area contributed by atoms with Crippen LogP contribution in [0.5, 0.6) is 0 Å². The third-order valence-electron chi connectivity index (χ3n) is 0.263. The van der Waals surface area contributed by atoms with E-state index in [0.29, 0.717) is 6.42 Å². The predicted molar refractivity (Wildman–Crippen MR) is 28.0 cm³/mol. The molecular weight excluding hydrogens is 92.1 g/mol. The molecule has 0 unspecified atom stereocenters. The molecule has 0 saturated heterocycles. The Hall–Kier alpha value is -0.920. The lowest BCUT2D eigenvalue weighted by Crippen LogP contribution is -1.59. The van der Waals surface area contributed by atoms with Gasteiger partial charge in [-0.3, -0.25) is 0 Å². The second-order valence-electron chi connectivity index (χ2n) is 0.691. The van der Waals surface area contributed by atoms with E-state index in [0.717, 1.165) is 6.29 Å². The largest absolute Gasteiger partial charge is 0.307 e. The molecule has 0 aromatic carbocycles. The molecule has 0 spiro atoms. The minimum absolute atomic E-state index is 0.472. The van der Waals surface area contributed by atoms with Crippen molar-refractivity contribution in [3.05, 3.63) is 12.7 Å². The maximum Gasteiger partial charge on any atom is 0.123 e. The van der Waals surface area contributed by atoms with E-state index in [4.69, 9.17) is 4.79 Å². The summed E-state index contributed by atoms with van der Waals surface area (Å²) in [5.41, 5.74) is 0. The van der Waals surface area contributed by atoms with Gasteiger partial charge in [-0.2, -0.15) is 0 Å². The SMILES string of the molecule is C=CCC=O.C=O. The van der Waals surface area contributed by atoms with Crippen LogP contribution in [0.4, 0.5) is 0 Å². The van der Waals surface area contributed by atoms with Crippen molar-refractivity contribution in [2.75, 3.05) is 0 Å². The molecule has 0 aliphatic heterocycles. The first kappa shape index (κ1) is 9.43. The van der Waals surface area contributed by atoms with Crippen molar-refractivity contribution in [1.82, 2.24) is 0 Å². The summed E-state index contributed by atoms with van der Waals surface area (Å²) < 4.78 is 0. The Kier molecular flexibility index (Phi) is 26.3. The molecule has 0 saturated carbocycles. The van der Waals surface area contributed by atoms with Crippen LogP contribution < -0.4 is 0 Å². The Morgan fingerprint density at radius 3 is 1.86 bits per heavy atom. The van der Waals surface area contributed by atoms with Crippen molar-refractivity contribution in [2.45, 2.75) is 6.42 Å². The van der Waals surface area contributed by atoms with E-state index < -0.39 is 0 Å². The highest BCUT2D eigenvalue weighted by Gasteiger charge is 1.59. The van der Waals surface area contributed by atoms with Crippen LogP contribution in [0.2, 0.25) is 0 Å². The molecule has 0 heterocycles. The summed E-state index contributed by atoms with van der Waals surface area (Å²) in [6.07, 6.45) is 2.85. The van der Waals surface area contributed by atoms with Crippen LogP contribution in [-0.4, -0.2) is 13.1 Å². The van der Waals surface area contributed by atoms with Crippen molar-refractivity contribution in [3.8, 4) is 0 Å². The minimum Gasteiger partial charge on any atom is -0.307 e. The first-order chi connectivity index (χ1) is 3.41. The first-order valence-corrected chi connectivity index (χ1v) is 1.75. The topological polar surface area (TPSA) is 34.1 Å². The highest BCUT2D eigenvalue weighted by Crippen LogP contribution is 1.64. The number of hydrogen-bond donors (Lipinski definition) is 0. The highest BCUT2D eigenvalue weighted by molar-refractivity contribution is 5.51. The highest BCUT2D eigenvalue weighted by atomic mass is 16.1. The van der Waals surface area contributed by atoms with Crippen LogP contribution in [-0.2, 0) is 9.59 Å². The molecule has 0 N–H and O–H groups in total. The van der Waals surface area contributed by atoms with Gasteiger partial charge in [-0.25, -0.2) is 0 Å². The fourth-order valence-electron chi connectivity index (χ4n) is 0.0680. The summed E-state index contributed by atoms with van der Waals surface area (Å²) in [6.45, 7) is 5.32. The molecule has 0 aliphatic carbocycles. The number of aldehydes is 1. The van der Waals surface area contributed by atoms with Crippen molar-refractivity contribution >= 4 is 13.1 Å². The third kappa shape index (κ3) is 41.3. The van der Waals surface area contributed by atoms with Crippen LogP contribution in [0.15, 0.2) is 12.7 Å². The molecule has 0 radical (unpaired) electrons. The van der Waals surface area contributed by atoms with Gasteiger partial charge in [0.25, 0.3) is 0 Å². The molecule has 7 heavy (non-hydrogen) atoms. The Bertz CT molecular complexity index is 44.0. The van der Waals surface area contributed by atoms with E-state index in [1.54, 1.807) is 6.08 Å². The molecule has 0 fully saturated rings. The summed E-state index contributed by atoms with van der Waals surface area (Å²) in [7, 11) is 0. The smallest absolute Gasteiger partial charge is 0.123 e. The van der Waals surface area contributed by atoms with Crippen LogP contribution in [0, 0.1) is 0 Å². The molecule has 0 amide bonds. The van der Waals surface area contributed by atoms with Crippen molar-refractivity contribution in [1.29, 1.82) is 0 Å². The van der Waals surface area contributed by atoms with Crippen molar-refractivity contribution < 1.29 is 9.59 Å². The number of carbonyl (C=O) groups is 2. The van der Waals surface area contributed by atoms with Gasteiger partial charge in [-0.15, -0.1) is 6.58 Å². The van der Waals surface area contributed by atoms with Gasteiger partial charge in [0.15, 0.2) is 0 Å². The van der Waals surface area contributed by atoms with Crippen LogP contribution in [0.25, 0.3) is 0 Å². The van der Waals surface area contributed by atoms with E-state index in [1.807, 2.05) is 6.79 Å². The first-order valence-electron chi connectivity index (χ1n) is 1.75. The van der Waals surface area contributed by atoms with E-state index in [-0.39, 0.29) is 0 Å². The Balaban J connectivity index is 0. The van der Waals surface area contributed by atoms with Gasteiger partial charge in [0.2, 0.25) is 0 Å². The monoisotopic (exact) mass is 100 g/mol. The number of allylic oxidation sites excluding steroid dienone is 1. The van der Waals surface area contributed by atoms with E-state index >= 15 is 0 Å². The van der Waals surface area contributed by atoms with Gasteiger partial charge < -0.3 is 9.59 Å². The van der Waals surface area contributed by atoms with Crippen molar-refractivity contribution in [3.63, 3.8) is 0 Å². The lowest BCUT2D eigenvalue weighted by Gasteiger charge is -1.59. The van der Waals surface area contributed by atoms with Gasteiger partial charge in [0, 0.05) is 6.42 Å². The quantitative estimate of drug-likeness (QED) is 0.375. The summed E-state index contributed by atoms with van der Waals surface area (Å²) >= 11 is 0. The number of hydrogen-bond acceptors (Lipinski definition) is 2. The summed E-state index contributed by atoms with van der Waals surface area (Å²) in [5, 5.41) is 0. The summed E-state index contributed by atoms with van der Waals surface area (Å²) in [5.74, 6) is 0. The second-order valence-corrected chi connectivity index (χ2v) is 0.691. The fraction of sp³-hybridized carbons (Fsp3) is 0.200. The molecular formula is C5H8O2. The number of rotatable bonds is 2. The molecule has 40 valence electrons. The zero-order chi connectivity index (χ0) is 6.12. The summed E-state index contributed by atoms with van der Waals surface area (Å²) in [6, 6.07) is 0. The van der Waals surface area contributed by atoms with Gasteiger partial charge in [0.1, 0.15) is 13.1 Å². The van der Waals surface area contributed by atoms with Crippen molar-refractivity contribution in [2.24, 2.45) is 0 Å². The molecule has 0 atom stereocenters. The van der Waals surface area contributed by atoms with Gasteiger partial charge in [-0.05, 0) is 0 Å². The van der Waals surface area contributed by atoms with Gasteiger partial charge >= 0.3 is 0 Å². The van der Waals surface area contributed by atoms with E-state index in [2.05, 4.69) is 6.58 Å². The maximum atomic E-state index is 9.33. The lowest BCUT2D eigenvalue weighted by atomic mass is 10.5. The zero-order valence-electron chi connectivity index (χ0n) is 4.09. The van der Waals surface area contributed by atoms with Crippen LogP contribution in [0.1, 0.15) is 6.42 Å². The maximum absolute atomic E-state index is 9.33.